The number of unbranched alkanes of at least 4 members (excludes halogenated alkanes) is 1. The highest BCUT2D eigenvalue weighted by Gasteiger charge is 2.45. The third-order valence-electron chi connectivity index (χ3n) is 3.00. The highest BCUT2D eigenvalue weighted by Crippen LogP contribution is 2.41. The van der Waals surface area contributed by atoms with Gasteiger partial charge in [-0.25, -0.2) is 0 Å². The Bertz CT molecular complexity index is 228. The van der Waals surface area contributed by atoms with Crippen molar-refractivity contribution in [1.82, 2.24) is 0 Å². The van der Waals surface area contributed by atoms with Crippen LogP contribution >= 0.6 is 0 Å². The van der Waals surface area contributed by atoms with Gasteiger partial charge >= 0.3 is 0 Å². The molecule has 2 heteroatoms. The molecule has 0 aromatic heterocycles. The smallest absolute Gasteiger partial charge is 0.202 e. The highest BCUT2D eigenvalue weighted by atomic mass is 16.2. The van der Waals surface area contributed by atoms with Crippen molar-refractivity contribution in [1.29, 1.82) is 0 Å². The predicted molar refractivity (Wildman–Crippen MR) is 51.4 cm³/mol. The van der Waals surface area contributed by atoms with E-state index in [1.54, 1.807) is 0 Å². The first kappa shape index (κ1) is 10.4. The Morgan fingerprint density at radius 1 is 1.38 bits per heavy atom. The Hall–Kier alpha value is -0.660. The van der Waals surface area contributed by atoms with Gasteiger partial charge in [-0.15, -0.1) is 0 Å². The molecule has 0 aliphatic heterocycles. The van der Waals surface area contributed by atoms with Crippen LogP contribution in [0, 0.1) is 11.3 Å². The third-order valence-corrected chi connectivity index (χ3v) is 3.00. The lowest BCUT2D eigenvalue weighted by molar-refractivity contribution is -0.135. The fourth-order valence-corrected chi connectivity index (χ4v) is 2.10. The van der Waals surface area contributed by atoms with Crippen LogP contribution in [0.25, 0.3) is 0 Å². The maximum Gasteiger partial charge on any atom is 0.202 e. The molecule has 1 rings (SSSR count). The van der Waals surface area contributed by atoms with Crippen molar-refractivity contribution in [2.75, 3.05) is 0 Å². The van der Waals surface area contributed by atoms with Gasteiger partial charge in [-0.1, -0.05) is 33.6 Å². The summed E-state index contributed by atoms with van der Waals surface area (Å²) in [6.45, 7) is 6.15. The number of ketones is 2. The molecule has 1 aliphatic rings. The van der Waals surface area contributed by atoms with Gasteiger partial charge in [0.25, 0.3) is 0 Å². The summed E-state index contributed by atoms with van der Waals surface area (Å²) in [5.41, 5.74) is -0.0939. The average molecular weight is 182 g/mol. The standard InChI is InChI=1S/C11H18O2/c1-4-5-6-8-10(13)9(12)7-11(8,2)3/h8H,4-7H2,1-3H3. The summed E-state index contributed by atoms with van der Waals surface area (Å²) in [6, 6.07) is 0. The third kappa shape index (κ3) is 1.98. The van der Waals surface area contributed by atoms with Gasteiger partial charge in [0, 0.05) is 12.3 Å². The van der Waals surface area contributed by atoms with Gasteiger partial charge in [-0.2, -0.15) is 0 Å². The van der Waals surface area contributed by atoms with Crippen LogP contribution in [0.3, 0.4) is 0 Å². The summed E-state index contributed by atoms with van der Waals surface area (Å²) in [6.07, 6.45) is 3.47. The molecule has 2 nitrogen and oxygen atoms in total. The highest BCUT2D eigenvalue weighted by molar-refractivity contribution is 6.40. The molecule has 0 amide bonds. The minimum atomic E-state index is -0.161. The Morgan fingerprint density at radius 3 is 2.38 bits per heavy atom. The zero-order valence-electron chi connectivity index (χ0n) is 8.72. The quantitative estimate of drug-likeness (QED) is 0.628. The van der Waals surface area contributed by atoms with Crippen molar-refractivity contribution in [3.05, 3.63) is 0 Å². The van der Waals surface area contributed by atoms with Crippen LogP contribution in [0.15, 0.2) is 0 Å². The Balaban J connectivity index is 2.69. The van der Waals surface area contributed by atoms with E-state index in [2.05, 4.69) is 6.92 Å². The number of hydrogen-bond donors (Lipinski definition) is 0. The maximum absolute atomic E-state index is 11.5. The van der Waals surface area contributed by atoms with E-state index >= 15 is 0 Å². The average Bonchev–Trinajstić information content (AvgIpc) is 2.20. The fraction of sp³-hybridized carbons (Fsp3) is 0.818. The van der Waals surface area contributed by atoms with Crippen LogP contribution in [0.2, 0.25) is 0 Å². The van der Waals surface area contributed by atoms with Crippen molar-refractivity contribution in [2.24, 2.45) is 11.3 Å². The maximum atomic E-state index is 11.5. The van der Waals surface area contributed by atoms with Gasteiger partial charge in [-0.3, -0.25) is 9.59 Å². The van der Waals surface area contributed by atoms with E-state index < -0.39 is 0 Å². The number of carbonyl (C=O) groups excluding carboxylic acids is 2. The summed E-state index contributed by atoms with van der Waals surface area (Å²) < 4.78 is 0. The fourth-order valence-electron chi connectivity index (χ4n) is 2.10. The van der Waals surface area contributed by atoms with E-state index in [4.69, 9.17) is 0 Å². The molecular weight excluding hydrogens is 164 g/mol. The molecule has 74 valence electrons. The van der Waals surface area contributed by atoms with Gasteiger partial charge in [0.1, 0.15) is 0 Å². The van der Waals surface area contributed by atoms with Gasteiger partial charge in [0.2, 0.25) is 5.78 Å². The second-order valence-electron chi connectivity index (χ2n) is 4.65. The van der Waals surface area contributed by atoms with E-state index in [1.165, 1.54) is 0 Å². The van der Waals surface area contributed by atoms with Crippen LogP contribution in [0.1, 0.15) is 46.5 Å². The summed E-state index contributed by atoms with van der Waals surface area (Å²) in [5, 5.41) is 0. The lowest BCUT2D eigenvalue weighted by Gasteiger charge is -2.23. The van der Waals surface area contributed by atoms with Gasteiger partial charge < -0.3 is 0 Å². The molecule has 0 radical (unpaired) electrons. The van der Waals surface area contributed by atoms with E-state index in [-0.39, 0.29) is 22.9 Å². The minimum Gasteiger partial charge on any atom is -0.291 e. The number of Topliss-reactive ketones (excluding diaryl/α,β-unsaturated/α-hetero) is 2. The lowest BCUT2D eigenvalue weighted by atomic mass is 9.79. The van der Waals surface area contributed by atoms with Crippen molar-refractivity contribution < 1.29 is 9.59 Å². The van der Waals surface area contributed by atoms with Crippen molar-refractivity contribution >= 4 is 11.6 Å². The first-order chi connectivity index (χ1) is 5.99. The Kier molecular flexibility index (Phi) is 2.89. The van der Waals surface area contributed by atoms with Crippen LogP contribution in [-0.2, 0) is 9.59 Å². The number of carbonyl (C=O) groups is 2. The lowest BCUT2D eigenvalue weighted by Crippen LogP contribution is -2.22. The SMILES string of the molecule is CCCCC1C(=O)C(=O)CC1(C)C. The van der Waals surface area contributed by atoms with Crippen molar-refractivity contribution in [3.8, 4) is 0 Å². The van der Waals surface area contributed by atoms with Crippen LogP contribution in [-0.4, -0.2) is 11.6 Å². The normalized spacial score (nSPS) is 26.8. The Labute approximate surface area is 79.7 Å². The van der Waals surface area contributed by atoms with Gasteiger partial charge in [0.15, 0.2) is 5.78 Å². The molecule has 1 aliphatic carbocycles. The molecule has 1 unspecified atom stereocenters. The number of rotatable bonds is 3. The van der Waals surface area contributed by atoms with E-state index in [0.29, 0.717) is 6.42 Å². The molecule has 1 atom stereocenters. The zero-order valence-corrected chi connectivity index (χ0v) is 8.72. The Morgan fingerprint density at radius 2 is 2.00 bits per heavy atom. The van der Waals surface area contributed by atoms with Crippen LogP contribution < -0.4 is 0 Å². The molecule has 0 bridgehead atoms. The minimum absolute atomic E-state index is 0.0139. The molecule has 0 N–H and O–H groups in total. The predicted octanol–water partition coefficient (Wildman–Crippen LogP) is 2.36. The first-order valence-corrected chi connectivity index (χ1v) is 5.06. The van der Waals surface area contributed by atoms with Crippen molar-refractivity contribution in [3.63, 3.8) is 0 Å². The summed E-state index contributed by atoms with van der Waals surface area (Å²) >= 11 is 0. The second-order valence-corrected chi connectivity index (χ2v) is 4.65. The molecule has 0 aromatic carbocycles. The molecule has 1 saturated carbocycles. The summed E-state index contributed by atoms with van der Waals surface area (Å²) in [5.74, 6) is -0.301. The molecule has 0 saturated heterocycles. The summed E-state index contributed by atoms with van der Waals surface area (Å²) in [7, 11) is 0. The van der Waals surface area contributed by atoms with E-state index in [0.717, 1.165) is 19.3 Å². The monoisotopic (exact) mass is 182 g/mol. The molecule has 0 aromatic rings. The van der Waals surface area contributed by atoms with E-state index in [9.17, 15) is 9.59 Å². The molecule has 1 fully saturated rings. The van der Waals surface area contributed by atoms with Gasteiger partial charge in [-0.05, 0) is 11.8 Å². The van der Waals surface area contributed by atoms with Crippen molar-refractivity contribution in [2.45, 2.75) is 46.5 Å². The van der Waals surface area contributed by atoms with E-state index in [1.807, 2.05) is 13.8 Å². The zero-order chi connectivity index (χ0) is 10.1. The van der Waals surface area contributed by atoms with Crippen LogP contribution in [0.5, 0.6) is 0 Å². The summed E-state index contributed by atoms with van der Waals surface area (Å²) in [4.78, 5) is 22.7. The molecular formula is C11H18O2. The first-order valence-electron chi connectivity index (χ1n) is 5.06. The van der Waals surface area contributed by atoms with Gasteiger partial charge in [0.05, 0.1) is 0 Å². The molecule has 0 heterocycles. The van der Waals surface area contributed by atoms with Crippen LogP contribution in [0.4, 0.5) is 0 Å². The molecule has 0 spiro atoms. The largest absolute Gasteiger partial charge is 0.291 e. The second kappa shape index (κ2) is 3.60. The number of hydrogen-bond acceptors (Lipinski definition) is 2. The molecule has 13 heavy (non-hydrogen) atoms. The topological polar surface area (TPSA) is 34.1 Å².